The van der Waals surface area contributed by atoms with Crippen molar-refractivity contribution in [3.05, 3.63) is 17.8 Å². The number of rotatable bonds is 2. The molecule has 5 nitrogen and oxygen atoms in total. The monoisotopic (exact) mass is 277 g/mol. The maximum atomic E-state index is 12.4. The molecule has 3 rings (SSSR count). The summed E-state index contributed by atoms with van der Waals surface area (Å²) in [4.78, 5) is 18.8. The second-order valence-corrected chi connectivity index (χ2v) is 5.82. The molecule has 1 N–H and O–H groups in total. The Hall–Kier alpha value is -1.36. The number of carbonyl (C=O) groups is 1. The van der Waals surface area contributed by atoms with Crippen LogP contribution in [0.4, 0.5) is 0 Å². The summed E-state index contributed by atoms with van der Waals surface area (Å²) < 4.78 is 5.55. The SMILES string of the molecule is O=C(c1coc(C2CCCNC2)n1)N1CCCCCC1. The van der Waals surface area contributed by atoms with Crippen LogP contribution in [-0.2, 0) is 0 Å². The van der Waals surface area contributed by atoms with Gasteiger partial charge in [-0.2, -0.15) is 0 Å². The normalized spacial score (nSPS) is 24.4. The van der Waals surface area contributed by atoms with E-state index in [2.05, 4.69) is 10.3 Å². The van der Waals surface area contributed by atoms with Crippen molar-refractivity contribution in [2.45, 2.75) is 44.4 Å². The van der Waals surface area contributed by atoms with E-state index in [4.69, 9.17) is 4.42 Å². The largest absolute Gasteiger partial charge is 0.448 e. The van der Waals surface area contributed by atoms with Gasteiger partial charge in [0.25, 0.3) is 5.91 Å². The molecule has 1 atom stereocenters. The van der Waals surface area contributed by atoms with Gasteiger partial charge in [0.1, 0.15) is 6.26 Å². The molecule has 0 radical (unpaired) electrons. The first-order valence-corrected chi connectivity index (χ1v) is 7.80. The molecule has 2 aliphatic heterocycles. The van der Waals surface area contributed by atoms with Crippen molar-refractivity contribution in [1.29, 1.82) is 0 Å². The fraction of sp³-hybridized carbons (Fsp3) is 0.733. The lowest BCUT2D eigenvalue weighted by atomic mass is 10.00. The van der Waals surface area contributed by atoms with Crippen LogP contribution in [0, 0.1) is 0 Å². The molecule has 110 valence electrons. The highest BCUT2D eigenvalue weighted by atomic mass is 16.3. The van der Waals surface area contributed by atoms with Gasteiger partial charge in [-0.3, -0.25) is 4.79 Å². The van der Waals surface area contributed by atoms with Crippen LogP contribution in [0.1, 0.15) is 60.8 Å². The number of hydrogen-bond acceptors (Lipinski definition) is 4. The minimum atomic E-state index is 0.0330. The van der Waals surface area contributed by atoms with Gasteiger partial charge >= 0.3 is 0 Å². The zero-order valence-corrected chi connectivity index (χ0v) is 11.9. The first-order chi connectivity index (χ1) is 9.84. The van der Waals surface area contributed by atoms with Crippen LogP contribution in [0.15, 0.2) is 10.7 Å². The van der Waals surface area contributed by atoms with Crippen molar-refractivity contribution in [3.63, 3.8) is 0 Å². The van der Waals surface area contributed by atoms with E-state index >= 15 is 0 Å². The lowest BCUT2D eigenvalue weighted by Gasteiger charge is -2.20. The summed E-state index contributed by atoms with van der Waals surface area (Å²) in [6.45, 7) is 3.67. The Labute approximate surface area is 119 Å². The summed E-state index contributed by atoms with van der Waals surface area (Å²) in [5, 5.41) is 3.35. The minimum absolute atomic E-state index is 0.0330. The van der Waals surface area contributed by atoms with Crippen molar-refractivity contribution in [2.24, 2.45) is 0 Å². The van der Waals surface area contributed by atoms with Crippen molar-refractivity contribution in [1.82, 2.24) is 15.2 Å². The third-order valence-corrected chi connectivity index (χ3v) is 4.28. The standard InChI is InChI=1S/C15H23N3O2/c19-15(18-8-3-1-2-4-9-18)13-11-20-14(17-13)12-6-5-7-16-10-12/h11-12,16H,1-10H2. The summed E-state index contributed by atoms with van der Waals surface area (Å²) in [5.74, 6) is 1.07. The van der Waals surface area contributed by atoms with Crippen LogP contribution in [0.25, 0.3) is 0 Å². The number of oxazole rings is 1. The van der Waals surface area contributed by atoms with Gasteiger partial charge in [-0.15, -0.1) is 0 Å². The molecule has 0 spiro atoms. The van der Waals surface area contributed by atoms with E-state index in [-0.39, 0.29) is 5.91 Å². The van der Waals surface area contributed by atoms with E-state index in [0.717, 1.165) is 57.8 Å². The minimum Gasteiger partial charge on any atom is -0.448 e. The molecule has 1 aromatic heterocycles. The Morgan fingerprint density at radius 2 is 2.05 bits per heavy atom. The molecule has 2 saturated heterocycles. The van der Waals surface area contributed by atoms with E-state index < -0.39 is 0 Å². The van der Waals surface area contributed by atoms with Crippen LogP contribution in [0.3, 0.4) is 0 Å². The first kappa shape index (κ1) is 13.6. The maximum absolute atomic E-state index is 12.4. The lowest BCUT2D eigenvalue weighted by Crippen LogP contribution is -2.32. The average Bonchev–Trinajstić information content (AvgIpc) is 2.83. The number of carbonyl (C=O) groups excluding carboxylic acids is 1. The van der Waals surface area contributed by atoms with Gasteiger partial charge in [0.15, 0.2) is 11.6 Å². The number of likely N-dealkylation sites (tertiary alicyclic amines) is 1. The summed E-state index contributed by atoms with van der Waals surface area (Å²) in [5.41, 5.74) is 0.479. The quantitative estimate of drug-likeness (QED) is 0.900. The number of nitrogens with one attached hydrogen (secondary N) is 1. The molecule has 1 unspecified atom stereocenters. The second-order valence-electron chi connectivity index (χ2n) is 5.82. The maximum Gasteiger partial charge on any atom is 0.275 e. The zero-order valence-electron chi connectivity index (χ0n) is 11.9. The molecule has 20 heavy (non-hydrogen) atoms. The molecule has 3 heterocycles. The number of nitrogens with zero attached hydrogens (tertiary/aromatic N) is 2. The van der Waals surface area contributed by atoms with Gasteiger partial charge in [-0.25, -0.2) is 4.98 Å². The Kier molecular flexibility index (Phi) is 4.35. The molecular formula is C15H23N3O2. The second kappa shape index (κ2) is 6.39. The van der Waals surface area contributed by atoms with Crippen LogP contribution < -0.4 is 5.32 Å². The number of aromatic nitrogens is 1. The van der Waals surface area contributed by atoms with Crippen LogP contribution in [0.5, 0.6) is 0 Å². The van der Waals surface area contributed by atoms with Crippen LogP contribution in [-0.4, -0.2) is 42.0 Å². The van der Waals surface area contributed by atoms with Crippen molar-refractivity contribution < 1.29 is 9.21 Å². The molecule has 5 heteroatoms. The van der Waals surface area contributed by atoms with Gasteiger partial charge in [-0.05, 0) is 32.2 Å². The summed E-state index contributed by atoms with van der Waals surface area (Å²) in [6.07, 6.45) is 8.42. The predicted molar refractivity (Wildman–Crippen MR) is 75.7 cm³/mol. The molecule has 1 amide bonds. The first-order valence-electron chi connectivity index (χ1n) is 7.80. The van der Waals surface area contributed by atoms with Gasteiger partial charge in [-0.1, -0.05) is 12.8 Å². The van der Waals surface area contributed by atoms with Crippen LogP contribution >= 0.6 is 0 Å². The average molecular weight is 277 g/mol. The summed E-state index contributed by atoms with van der Waals surface area (Å²) >= 11 is 0. The third-order valence-electron chi connectivity index (χ3n) is 4.28. The van der Waals surface area contributed by atoms with E-state index in [1.807, 2.05) is 4.90 Å². The molecule has 0 aromatic carbocycles. The summed E-state index contributed by atoms with van der Waals surface area (Å²) in [6, 6.07) is 0. The summed E-state index contributed by atoms with van der Waals surface area (Å²) in [7, 11) is 0. The molecule has 2 fully saturated rings. The Morgan fingerprint density at radius 1 is 1.25 bits per heavy atom. The van der Waals surface area contributed by atoms with E-state index in [0.29, 0.717) is 11.6 Å². The van der Waals surface area contributed by atoms with E-state index in [1.165, 1.54) is 19.1 Å². The molecule has 0 bridgehead atoms. The highest BCUT2D eigenvalue weighted by molar-refractivity contribution is 5.92. The lowest BCUT2D eigenvalue weighted by molar-refractivity contribution is 0.0755. The van der Waals surface area contributed by atoms with Gasteiger partial charge in [0, 0.05) is 25.6 Å². The van der Waals surface area contributed by atoms with Crippen molar-refractivity contribution in [2.75, 3.05) is 26.2 Å². The van der Waals surface area contributed by atoms with Crippen molar-refractivity contribution >= 4 is 5.91 Å². The van der Waals surface area contributed by atoms with Crippen molar-refractivity contribution in [3.8, 4) is 0 Å². The number of piperidine rings is 1. The van der Waals surface area contributed by atoms with Gasteiger partial charge in [0.2, 0.25) is 0 Å². The van der Waals surface area contributed by atoms with E-state index in [1.54, 1.807) is 0 Å². The predicted octanol–water partition coefficient (Wildman–Crippen LogP) is 2.16. The third kappa shape index (κ3) is 3.03. The number of amides is 1. The highest BCUT2D eigenvalue weighted by Gasteiger charge is 2.24. The zero-order chi connectivity index (χ0) is 13.8. The van der Waals surface area contributed by atoms with Crippen LogP contribution in [0.2, 0.25) is 0 Å². The number of hydrogen-bond donors (Lipinski definition) is 1. The Bertz CT molecular complexity index is 444. The fourth-order valence-corrected chi connectivity index (χ4v) is 3.07. The smallest absolute Gasteiger partial charge is 0.275 e. The molecule has 2 aliphatic rings. The molecular weight excluding hydrogens is 254 g/mol. The fourth-order valence-electron chi connectivity index (χ4n) is 3.07. The Balaban J connectivity index is 1.67. The Morgan fingerprint density at radius 3 is 2.75 bits per heavy atom. The molecule has 0 saturated carbocycles. The molecule has 0 aliphatic carbocycles. The molecule has 1 aromatic rings. The van der Waals surface area contributed by atoms with Gasteiger partial charge < -0.3 is 14.6 Å². The van der Waals surface area contributed by atoms with E-state index in [9.17, 15) is 4.79 Å². The topological polar surface area (TPSA) is 58.4 Å². The highest BCUT2D eigenvalue weighted by Crippen LogP contribution is 2.23. The van der Waals surface area contributed by atoms with Gasteiger partial charge in [0.05, 0.1) is 0 Å².